The van der Waals surface area contributed by atoms with Crippen LogP contribution in [0.25, 0.3) is 0 Å². The van der Waals surface area contributed by atoms with E-state index in [1.54, 1.807) is 12.3 Å². The van der Waals surface area contributed by atoms with Crippen LogP contribution in [0, 0.1) is 5.82 Å². The number of carbonyl (C=O) groups is 1. The number of hydrogen-bond acceptors (Lipinski definition) is 2. The number of benzene rings is 1. The smallest absolute Gasteiger partial charge is 0.314 e. The number of rotatable bonds is 3. The number of hydrogen-bond donors (Lipinski definition) is 1. The molecule has 1 aliphatic carbocycles. The average molecular weight is 261 g/mol. The summed E-state index contributed by atoms with van der Waals surface area (Å²) in [6, 6.07) is 2.86. The molecular formula is C11H10ClFO2S. The molecule has 2 nitrogen and oxygen atoms in total. The van der Waals surface area contributed by atoms with E-state index in [9.17, 15) is 9.18 Å². The molecule has 0 bridgehead atoms. The fraction of sp³-hybridized carbons (Fsp3) is 0.364. The molecule has 2 rings (SSSR count). The summed E-state index contributed by atoms with van der Waals surface area (Å²) in [6.45, 7) is 0. The quantitative estimate of drug-likeness (QED) is 0.847. The van der Waals surface area contributed by atoms with Crippen LogP contribution in [0.1, 0.15) is 18.4 Å². The Morgan fingerprint density at radius 1 is 1.56 bits per heavy atom. The van der Waals surface area contributed by atoms with Gasteiger partial charge in [0.05, 0.1) is 15.3 Å². The van der Waals surface area contributed by atoms with E-state index >= 15 is 0 Å². The van der Waals surface area contributed by atoms with Crippen LogP contribution in [-0.2, 0) is 10.2 Å². The van der Waals surface area contributed by atoms with Crippen molar-refractivity contribution in [3.8, 4) is 0 Å². The van der Waals surface area contributed by atoms with Gasteiger partial charge in [-0.1, -0.05) is 11.6 Å². The molecule has 0 heterocycles. The highest BCUT2D eigenvalue weighted by molar-refractivity contribution is 7.98. The minimum atomic E-state index is -0.903. The van der Waals surface area contributed by atoms with Crippen molar-refractivity contribution >= 4 is 29.3 Å². The van der Waals surface area contributed by atoms with E-state index in [-0.39, 0.29) is 5.02 Å². The zero-order valence-corrected chi connectivity index (χ0v) is 10.2. The standard InChI is InChI=1S/C11H10ClFO2S/c1-16-9-7(12)4-6(5-8(9)13)11(2-3-11)10(14)15/h4-5H,2-3H2,1H3,(H,14,15). The molecular weight excluding hydrogens is 251 g/mol. The summed E-state index contributed by atoms with van der Waals surface area (Å²) < 4.78 is 13.6. The average Bonchev–Trinajstić information content (AvgIpc) is 2.97. The van der Waals surface area contributed by atoms with Crippen molar-refractivity contribution in [1.29, 1.82) is 0 Å². The van der Waals surface area contributed by atoms with E-state index < -0.39 is 17.2 Å². The summed E-state index contributed by atoms with van der Waals surface area (Å²) in [7, 11) is 0. The van der Waals surface area contributed by atoms with Gasteiger partial charge in [0, 0.05) is 0 Å². The zero-order valence-electron chi connectivity index (χ0n) is 8.59. The molecule has 16 heavy (non-hydrogen) atoms. The molecule has 0 aliphatic heterocycles. The molecule has 86 valence electrons. The second-order valence-electron chi connectivity index (χ2n) is 3.86. The first-order chi connectivity index (χ1) is 7.51. The predicted octanol–water partition coefficient (Wildman–Crippen LogP) is 3.32. The van der Waals surface area contributed by atoms with Crippen LogP contribution in [0.5, 0.6) is 0 Å². The first-order valence-electron chi connectivity index (χ1n) is 4.78. The fourth-order valence-electron chi connectivity index (χ4n) is 1.78. The van der Waals surface area contributed by atoms with E-state index in [2.05, 4.69) is 0 Å². The molecule has 0 aromatic heterocycles. The van der Waals surface area contributed by atoms with Gasteiger partial charge >= 0.3 is 5.97 Å². The number of thioether (sulfide) groups is 1. The Hall–Kier alpha value is -0.740. The van der Waals surface area contributed by atoms with Crippen LogP contribution in [0.2, 0.25) is 5.02 Å². The molecule has 1 N–H and O–H groups in total. The maximum atomic E-state index is 13.6. The Labute approximate surface area is 102 Å². The van der Waals surface area contributed by atoms with Crippen LogP contribution in [0.15, 0.2) is 17.0 Å². The maximum absolute atomic E-state index is 13.6. The van der Waals surface area contributed by atoms with E-state index in [0.29, 0.717) is 23.3 Å². The lowest BCUT2D eigenvalue weighted by Crippen LogP contribution is -2.19. The van der Waals surface area contributed by atoms with Gasteiger partial charge < -0.3 is 5.11 Å². The normalized spacial score (nSPS) is 17.2. The van der Waals surface area contributed by atoms with Gasteiger partial charge in [-0.05, 0) is 36.8 Å². The first-order valence-corrected chi connectivity index (χ1v) is 6.38. The topological polar surface area (TPSA) is 37.3 Å². The van der Waals surface area contributed by atoms with Gasteiger partial charge in [-0.15, -0.1) is 11.8 Å². The lowest BCUT2D eigenvalue weighted by atomic mass is 9.96. The maximum Gasteiger partial charge on any atom is 0.314 e. The van der Waals surface area contributed by atoms with Crippen LogP contribution >= 0.6 is 23.4 Å². The summed E-state index contributed by atoms with van der Waals surface area (Å²) in [6.07, 6.45) is 2.83. The van der Waals surface area contributed by atoms with Gasteiger partial charge in [0.15, 0.2) is 0 Å². The minimum absolute atomic E-state index is 0.287. The van der Waals surface area contributed by atoms with Gasteiger partial charge in [-0.25, -0.2) is 4.39 Å². The lowest BCUT2D eigenvalue weighted by Gasteiger charge is -2.12. The van der Waals surface area contributed by atoms with E-state index in [1.165, 1.54) is 17.8 Å². The third-order valence-electron chi connectivity index (χ3n) is 2.91. The minimum Gasteiger partial charge on any atom is -0.481 e. The van der Waals surface area contributed by atoms with Crippen molar-refractivity contribution in [3.05, 3.63) is 28.5 Å². The summed E-state index contributed by atoms with van der Waals surface area (Å²) >= 11 is 7.14. The zero-order chi connectivity index (χ0) is 11.9. The molecule has 5 heteroatoms. The van der Waals surface area contributed by atoms with E-state index in [0.717, 1.165) is 0 Å². The van der Waals surface area contributed by atoms with Crippen LogP contribution < -0.4 is 0 Å². The first kappa shape index (κ1) is 11.7. The number of halogens is 2. The molecule has 0 amide bonds. The van der Waals surface area contributed by atoms with Crippen molar-refractivity contribution in [3.63, 3.8) is 0 Å². The monoisotopic (exact) mass is 260 g/mol. The largest absolute Gasteiger partial charge is 0.481 e. The van der Waals surface area contributed by atoms with E-state index in [1.807, 2.05) is 0 Å². The van der Waals surface area contributed by atoms with Gasteiger partial charge in [0.25, 0.3) is 0 Å². The van der Waals surface area contributed by atoms with Crippen molar-refractivity contribution < 1.29 is 14.3 Å². The Bertz CT molecular complexity index is 434. The Morgan fingerprint density at radius 2 is 2.19 bits per heavy atom. The Balaban J connectivity index is 2.49. The SMILES string of the molecule is CSc1c(F)cc(C2(C(=O)O)CC2)cc1Cl. The molecule has 1 fully saturated rings. The summed E-state index contributed by atoms with van der Waals surface area (Å²) in [5.74, 6) is -1.35. The van der Waals surface area contributed by atoms with E-state index in [4.69, 9.17) is 16.7 Å². The number of aliphatic carboxylic acids is 1. The number of carboxylic acid groups (broad SMARTS) is 1. The molecule has 0 radical (unpaired) electrons. The predicted molar refractivity (Wildman–Crippen MR) is 61.7 cm³/mol. The van der Waals surface area contributed by atoms with Gasteiger partial charge in [-0.2, -0.15) is 0 Å². The van der Waals surface area contributed by atoms with Crippen LogP contribution in [0.4, 0.5) is 4.39 Å². The molecule has 1 aliphatic rings. The van der Waals surface area contributed by atoms with Crippen molar-refractivity contribution in [2.75, 3.05) is 6.26 Å². The fourth-order valence-corrected chi connectivity index (χ4v) is 2.73. The molecule has 1 saturated carbocycles. The molecule has 0 saturated heterocycles. The Kier molecular flexibility index (Phi) is 2.88. The second kappa shape index (κ2) is 3.93. The van der Waals surface area contributed by atoms with Crippen molar-refractivity contribution in [1.82, 2.24) is 0 Å². The highest BCUT2D eigenvalue weighted by atomic mass is 35.5. The highest BCUT2D eigenvalue weighted by Crippen LogP contribution is 2.49. The molecule has 0 unspecified atom stereocenters. The lowest BCUT2D eigenvalue weighted by molar-refractivity contribution is -0.140. The molecule has 0 atom stereocenters. The third kappa shape index (κ3) is 1.70. The Morgan fingerprint density at radius 3 is 2.56 bits per heavy atom. The van der Waals surface area contributed by atoms with Crippen LogP contribution in [-0.4, -0.2) is 17.3 Å². The van der Waals surface area contributed by atoms with Crippen molar-refractivity contribution in [2.24, 2.45) is 0 Å². The van der Waals surface area contributed by atoms with Crippen LogP contribution in [0.3, 0.4) is 0 Å². The second-order valence-corrected chi connectivity index (χ2v) is 5.08. The van der Waals surface area contributed by atoms with Crippen molar-refractivity contribution in [2.45, 2.75) is 23.2 Å². The summed E-state index contributed by atoms with van der Waals surface area (Å²) in [4.78, 5) is 11.5. The molecule has 1 aromatic rings. The highest BCUT2D eigenvalue weighted by Gasteiger charge is 2.52. The number of carboxylic acids is 1. The van der Waals surface area contributed by atoms with Gasteiger partial charge in [0.2, 0.25) is 0 Å². The summed E-state index contributed by atoms with van der Waals surface area (Å²) in [5, 5.41) is 9.38. The van der Waals surface area contributed by atoms with Gasteiger partial charge in [-0.3, -0.25) is 4.79 Å². The molecule has 1 aromatic carbocycles. The summed E-state index contributed by atoms with van der Waals surface area (Å²) in [5.41, 5.74) is -0.429. The van der Waals surface area contributed by atoms with Gasteiger partial charge in [0.1, 0.15) is 5.82 Å². The molecule has 0 spiro atoms. The third-order valence-corrected chi connectivity index (χ3v) is 4.15.